The summed E-state index contributed by atoms with van der Waals surface area (Å²) in [7, 11) is 0. The van der Waals surface area contributed by atoms with E-state index in [4.69, 9.17) is 4.74 Å². The highest BCUT2D eigenvalue weighted by Gasteiger charge is 2.17. The van der Waals surface area contributed by atoms with Gasteiger partial charge in [-0.2, -0.15) is 0 Å². The number of benzene rings is 1. The van der Waals surface area contributed by atoms with Gasteiger partial charge >= 0.3 is 0 Å². The van der Waals surface area contributed by atoms with Crippen molar-refractivity contribution in [3.05, 3.63) is 34.9 Å². The highest BCUT2D eigenvalue weighted by Crippen LogP contribution is 2.35. The lowest BCUT2D eigenvalue weighted by molar-refractivity contribution is 0.106. The highest BCUT2D eigenvalue weighted by molar-refractivity contribution is 7.99. The SMILES string of the molecule is Cc1ccc(C2OCCCS2)c(C)c1. The molecular formula is C12H16OS. The number of ether oxygens (including phenoxy) is 1. The molecule has 0 aromatic heterocycles. The molecule has 0 amide bonds. The molecule has 2 rings (SSSR count). The summed E-state index contributed by atoms with van der Waals surface area (Å²) in [5.41, 5.74) is 4.29. The summed E-state index contributed by atoms with van der Waals surface area (Å²) in [5, 5.41) is 0. The van der Waals surface area contributed by atoms with Gasteiger partial charge in [0.05, 0.1) is 0 Å². The predicted molar refractivity (Wildman–Crippen MR) is 61.7 cm³/mol. The van der Waals surface area contributed by atoms with Gasteiger partial charge in [0.2, 0.25) is 0 Å². The monoisotopic (exact) mass is 208 g/mol. The summed E-state index contributed by atoms with van der Waals surface area (Å²) in [4.78, 5) is 0. The van der Waals surface area contributed by atoms with Gasteiger partial charge in [0.25, 0.3) is 0 Å². The minimum Gasteiger partial charge on any atom is -0.363 e. The summed E-state index contributed by atoms with van der Waals surface area (Å²) in [6.07, 6.45) is 1.19. The fourth-order valence-electron chi connectivity index (χ4n) is 1.76. The van der Waals surface area contributed by atoms with Crippen LogP contribution in [0.25, 0.3) is 0 Å². The van der Waals surface area contributed by atoms with Gasteiger partial charge < -0.3 is 4.74 Å². The van der Waals surface area contributed by atoms with Crippen molar-refractivity contribution in [2.45, 2.75) is 25.7 Å². The predicted octanol–water partition coefficient (Wildman–Crippen LogP) is 3.46. The van der Waals surface area contributed by atoms with Crippen molar-refractivity contribution in [1.29, 1.82) is 0 Å². The standard InChI is InChI=1S/C12H16OS/c1-9-4-5-11(10(2)8-9)12-13-6-3-7-14-12/h4-5,8,12H,3,6-7H2,1-2H3. The first-order valence-corrected chi connectivity index (χ1v) is 6.12. The van der Waals surface area contributed by atoms with Crippen LogP contribution in [0.15, 0.2) is 18.2 Å². The summed E-state index contributed by atoms with van der Waals surface area (Å²) in [5.74, 6) is 1.22. The van der Waals surface area contributed by atoms with Gasteiger partial charge in [0.1, 0.15) is 5.44 Å². The third kappa shape index (κ3) is 2.12. The summed E-state index contributed by atoms with van der Waals surface area (Å²) in [6, 6.07) is 6.60. The van der Waals surface area contributed by atoms with Gasteiger partial charge in [-0.1, -0.05) is 23.8 Å². The molecule has 0 N–H and O–H groups in total. The molecule has 14 heavy (non-hydrogen) atoms. The van der Waals surface area contributed by atoms with Gasteiger partial charge in [-0.25, -0.2) is 0 Å². The maximum Gasteiger partial charge on any atom is 0.128 e. The summed E-state index contributed by atoms with van der Waals surface area (Å²) >= 11 is 1.91. The Bertz CT molecular complexity index is 316. The Balaban J connectivity index is 2.22. The molecule has 2 heteroatoms. The van der Waals surface area contributed by atoms with Gasteiger partial charge in [0, 0.05) is 6.61 Å². The van der Waals surface area contributed by atoms with Crippen molar-refractivity contribution in [3.8, 4) is 0 Å². The zero-order chi connectivity index (χ0) is 9.97. The van der Waals surface area contributed by atoms with Crippen molar-refractivity contribution in [2.75, 3.05) is 12.4 Å². The number of aryl methyl sites for hydroxylation is 2. The molecular weight excluding hydrogens is 192 g/mol. The first kappa shape index (κ1) is 10.1. The van der Waals surface area contributed by atoms with E-state index < -0.39 is 0 Å². The minimum absolute atomic E-state index is 0.268. The lowest BCUT2D eigenvalue weighted by Gasteiger charge is -2.23. The Morgan fingerprint density at radius 1 is 1.36 bits per heavy atom. The van der Waals surface area contributed by atoms with Crippen LogP contribution in [0.4, 0.5) is 0 Å². The van der Waals surface area contributed by atoms with Crippen LogP contribution in [-0.2, 0) is 4.74 Å². The first-order valence-electron chi connectivity index (χ1n) is 5.08. The van der Waals surface area contributed by atoms with Crippen molar-refractivity contribution in [1.82, 2.24) is 0 Å². The molecule has 1 aliphatic rings. The van der Waals surface area contributed by atoms with Crippen LogP contribution in [0, 0.1) is 13.8 Å². The van der Waals surface area contributed by atoms with Gasteiger partial charge in [-0.15, -0.1) is 11.8 Å². The molecule has 1 fully saturated rings. The fourth-order valence-corrected chi connectivity index (χ4v) is 2.89. The first-order chi connectivity index (χ1) is 6.77. The van der Waals surface area contributed by atoms with Crippen LogP contribution in [0.2, 0.25) is 0 Å². The number of rotatable bonds is 1. The average molecular weight is 208 g/mol. The van der Waals surface area contributed by atoms with Crippen molar-refractivity contribution < 1.29 is 4.74 Å². The van der Waals surface area contributed by atoms with Crippen LogP contribution >= 0.6 is 11.8 Å². The van der Waals surface area contributed by atoms with E-state index in [2.05, 4.69) is 32.0 Å². The zero-order valence-corrected chi connectivity index (χ0v) is 9.56. The van der Waals surface area contributed by atoms with Crippen molar-refractivity contribution in [2.24, 2.45) is 0 Å². The Labute approximate surface area is 89.9 Å². The lowest BCUT2D eigenvalue weighted by atomic mass is 10.1. The topological polar surface area (TPSA) is 9.23 Å². The molecule has 1 heterocycles. The third-order valence-electron chi connectivity index (χ3n) is 2.51. The molecule has 0 radical (unpaired) electrons. The Morgan fingerprint density at radius 3 is 2.86 bits per heavy atom. The molecule has 1 nitrogen and oxygen atoms in total. The van der Waals surface area contributed by atoms with E-state index in [-0.39, 0.29) is 5.44 Å². The second-order valence-electron chi connectivity index (χ2n) is 3.79. The van der Waals surface area contributed by atoms with Gasteiger partial charge in [-0.05, 0) is 37.1 Å². The van der Waals surface area contributed by atoms with Crippen LogP contribution in [0.1, 0.15) is 28.5 Å². The molecule has 1 aromatic rings. The second kappa shape index (κ2) is 4.37. The largest absolute Gasteiger partial charge is 0.363 e. The minimum atomic E-state index is 0.268. The molecule has 1 aliphatic heterocycles. The third-order valence-corrected chi connectivity index (χ3v) is 3.72. The number of hydrogen-bond donors (Lipinski definition) is 0. The van der Waals surface area contributed by atoms with E-state index >= 15 is 0 Å². The molecule has 0 saturated carbocycles. The molecule has 0 bridgehead atoms. The normalized spacial score (nSPS) is 22.3. The Morgan fingerprint density at radius 2 is 2.21 bits per heavy atom. The summed E-state index contributed by atoms with van der Waals surface area (Å²) in [6.45, 7) is 5.21. The quantitative estimate of drug-likeness (QED) is 0.699. The van der Waals surface area contributed by atoms with Crippen LogP contribution < -0.4 is 0 Å². The van der Waals surface area contributed by atoms with E-state index in [1.165, 1.54) is 28.9 Å². The van der Waals surface area contributed by atoms with E-state index in [0.717, 1.165) is 6.61 Å². The second-order valence-corrected chi connectivity index (χ2v) is 4.96. The average Bonchev–Trinajstić information content (AvgIpc) is 2.19. The van der Waals surface area contributed by atoms with Crippen LogP contribution in [0.5, 0.6) is 0 Å². The molecule has 1 aromatic carbocycles. The molecule has 76 valence electrons. The van der Waals surface area contributed by atoms with E-state index in [1.807, 2.05) is 11.8 Å². The molecule has 1 saturated heterocycles. The maximum atomic E-state index is 5.75. The van der Waals surface area contributed by atoms with Crippen LogP contribution in [-0.4, -0.2) is 12.4 Å². The number of hydrogen-bond acceptors (Lipinski definition) is 2. The molecule has 0 aliphatic carbocycles. The lowest BCUT2D eigenvalue weighted by Crippen LogP contribution is -2.10. The highest BCUT2D eigenvalue weighted by atomic mass is 32.2. The molecule has 1 atom stereocenters. The number of thioether (sulfide) groups is 1. The fraction of sp³-hybridized carbons (Fsp3) is 0.500. The zero-order valence-electron chi connectivity index (χ0n) is 8.75. The van der Waals surface area contributed by atoms with Crippen LogP contribution in [0.3, 0.4) is 0 Å². The van der Waals surface area contributed by atoms with E-state index in [0.29, 0.717) is 0 Å². The Kier molecular flexibility index (Phi) is 3.14. The van der Waals surface area contributed by atoms with Crippen molar-refractivity contribution >= 4 is 11.8 Å². The maximum absolute atomic E-state index is 5.75. The van der Waals surface area contributed by atoms with E-state index in [1.54, 1.807) is 0 Å². The van der Waals surface area contributed by atoms with Gasteiger partial charge in [-0.3, -0.25) is 0 Å². The summed E-state index contributed by atoms with van der Waals surface area (Å²) < 4.78 is 5.75. The smallest absolute Gasteiger partial charge is 0.128 e. The molecule has 0 spiro atoms. The Hall–Kier alpha value is -0.470. The van der Waals surface area contributed by atoms with Crippen molar-refractivity contribution in [3.63, 3.8) is 0 Å². The van der Waals surface area contributed by atoms with Gasteiger partial charge in [0.15, 0.2) is 0 Å². The van der Waals surface area contributed by atoms with E-state index in [9.17, 15) is 0 Å². The molecule has 1 unspecified atom stereocenters.